The van der Waals surface area contributed by atoms with Crippen molar-refractivity contribution in [3.05, 3.63) is 53.6 Å². The van der Waals surface area contributed by atoms with E-state index >= 15 is 0 Å². The van der Waals surface area contributed by atoms with Gasteiger partial charge in [-0.15, -0.1) is 0 Å². The molecule has 1 aromatic carbocycles. The number of halogens is 1. The van der Waals surface area contributed by atoms with E-state index in [0.717, 1.165) is 67.8 Å². The summed E-state index contributed by atoms with van der Waals surface area (Å²) in [5.41, 5.74) is 4.05. The molecule has 0 N–H and O–H groups in total. The van der Waals surface area contributed by atoms with Crippen LogP contribution in [0.15, 0.2) is 36.4 Å². The van der Waals surface area contributed by atoms with Crippen LogP contribution < -0.4 is 9.80 Å². The molecular formula is C21H25FN6. The van der Waals surface area contributed by atoms with Gasteiger partial charge in [0.15, 0.2) is 5.65 Å². The van der Waals surface area contributed by atoms with Crippen LogP contribution in [0.5, 0.6) is 0 Å². The van der Waals surface area contributed by atoms with Crippen molar-refractivity contribution in [1.29, 1.82) is 0 Å². The van der Waals surface area contributed by atoms with Gasteiger partial charge < -0.3 is 9.80 Å². The first kappa shape index (κ1) is 17.4. The molecule has 146 valence electrons. The molecule has 2 aliphatic heterocycles. The monoisotopic (exact) mass is 380 g/mol. The smallest absolute Gasteiger partial charge is 0.157 e. The largest absolute Gasteiger partial charge is 0.369 e. The molecule has 0 unspecified atom stereocenters. The Balaban J connectivity index is 1.22. The minimum atomic E-state index is -0.176. The summed E-state index contributed by atoms with van der Waals surface area (Å²) in [5.74, 6) is 0.960. The molecule has 2 aliphatic rings. The molecule has 5 rings (SSSR count). The Hall–Kier alpha value is -2.67. The van der Waals surface area contributed by atoms with Crippen LogP contribution in [0.1, 0.15) is 11.4 Å². The summed E-state index contributed by atoms with van der Waals surface area (Å²) in [4.78, 5) is 11.9. The third-order valence-corrected chi connectivity index (χ3v) is 5.87. The molecule has 0 atom stereocenters. The number of hydrogen-bond acceptors (Lipinski definition) is 5. The number of hydrogen-bond donors (Lipinski definition) is 0. The van der Waals surface area contributed by atoms with Crippen molar-refractivity contribution >= 4 is 17.2 Å². The molecule has 2 saturated heterocycles. The molecule has 4 heterocycles. The zero-order valence-corrected chi connectivity index (χ0v) is 16.3. The number of benzene rings is 1. The highest BCUT2D eigenvalue weighted by Crippen LogP contribution is 2.26. The average Bonchev–Trinajstić information content (AvgIpc) is 3.02. The lowest BCUT2D eigenvalue weighted by molar-refractivity contribution is 0.156. The maximum atomic E-state index is 13.1. The van der Waals surface area contributed by atoms with Crippen LogP contribution in [0.2, 0.25) is 0 Å². The van der Waals surface area contributed by atoms with Crippen LogP contribution in [0.4, 0.5) is 15.9 Å². The van der Waals surface area contributed by atoms with E-state index in [4.69, 9.17) is 0 Å². The average molecular weight is 380 g/mol. The van der Waals surface area contributed by atoms with E-state index in [1.54, 1.807) is 12.1 Å². The Bertz CT molecular complexity index is 984. The summed E-state index contributed by atoms with van der Waals surface area (Å²) in [6, 6.07) is 11.6. The van der Waals surface area contributed by atoms with Crippen LogP contribution in [0, 0.1) is 19.7 Å². The summed E-state index contributed by atoms with van der Waals surface area (Å²) >= 11 is 0. The fraction of sp³-hybridized carbons (Fsp3) is 0.429. The number of rotatable bonds is 3. The minimum Gasteiger partial charge on any atom is -0.369 e. The van der Waals surface area contributed by atoms with E-state index < -0.39 is 0 Å². The summed E-state index contributed by atoms with van der Waals surface area (Å²) in [6.45, 7) is 10.1. The first-order valence-electron chi connectivity index (χ1n) is 9.90. The quantitative estimate of drug-likeness (QED) is 0.698. The third kappa shape index (κ3) is 3.09. The summed E-state index contributed by atoms with van der Waals surface area (Å²) in [6.07, 6.45) is 0. The lowest BCUT2D eigenvalue weighted by Gasteiger charge is -2.49. The number of piperazine rings is 1. The predicted molar refractivity (Wildman–Crippen MR) is 109 cm³/mol. The highest BCUT2D eigenvalue weighted by Gasteiger charge is 2.35. The van der Waals surface area contributed by atoms with Gasteiger partial charge in [0.25, 0.3) is 0 Å². The van der Waals surface area contributed by atoms with E-state index in [0.29, 0.717) is 6.04 Å². The van der Waals surface area contributed by atoms with Gasteiger partial charge in [0.1, 0.15) is 11.6 Å². The number of fused-ring (bicyclic) bond motifs is 1. The second-order valence-corrected chi connectivity index (χ2v) is 7.87. The third-order valence-electron chi connectivity index (χ3n) is 5.87. The van der Waals surface area contributed by atoms with Crippen LogP contribution in [0.3, 0.4) is 0 Å². The van der Waals surface area contributed by atoms with Gasteiger partial charge in [-0.3, -0.25) is 4.90 Å². The van der Waals surface area contributed by atoms with Crippen molar-refractivity contribution in [2.75, 3.05) is 49.1 Å². The second kappa shape index (κ2) is 6.74. The molecule has 6 nitrogen and oxygen atoms in total. The minimum absolute atomic E-state index is 0.176. The number of nitrogens with zero attached hydrogens (tertiary/aromatic N) is 6. The highest BCUT2D eigenvalue weighted by atomic mass is 19.1. The molecular weight excluding hydrogens is 355 g/mol. The number of anilines is 2. The Kier molecular flexibility index (Phi) is 4.19. The first-order valence-corrected chi connectivity index (χ1v) is 9.90. The van der Waals surface area contributed by atoms with Gasteiger partial charge >= 0.3 is 0 Å². The fourth-order valence-electron chi connectivity index (χ4n) is 4.29. The van der Waals surface area contributed by atoms with Crippen LogP contribution >= 0.6 is 0 Å². The molecule has 0 amide bonds. The summed E-state index contributed by atoms with van der Waals surface area (Å²) < 4.78 is 15.1. The molecule has 2 fully saturated rings. The molecule has 2 aromatic heterocycles. The Morgan fingerprint density at radius 1 is 0.893 bits per heavy atom. The topological polar surface area (TPSA) is 39.9 Å². The van der Waals surface area contributed by atoms with E-state index in [9.17, 15) is 4.39 Å². The Labute approximate surface area is 164 Å². The molecule has 0 spiro atoms. The van der Waals surface area contributed by atoms with Crippen molar-refractivity contribution < 1.29 is 4.39 Å². The van der Waals surface area contributed by atoms with Crippen molar-refractivity contribution in [3.8, 4) is 0 Å². The SMILES string of the molecule is Cc1cc(N2CC(N3CCN(c4ccc(F)cc4)CC3)C2)n2nc(C)cc2n1. The summed E-state index contributed by atoms with van der Waals surface area (Å²) in [5, 5.41) is 4.61. The zero-order valence-electron chi connectivity index (χ0n) is 16.3. The van der Waals surface area contributed by atoms with Crippen LogP contribution in [0.25, 0.3) is 5.65 Å². The van der Waals surface area contributed by atoms with Gasteiger partial charge in [0, 0.05) is 68.8 Å². The Morgan fingerprint density at radius 3 is 2.32 bits per heavy atom. The van der Waals surface area contributed by atoms with Crippen LogP contribution in [-0.4, -0.2) is 64.8 Å². The van der Waals surface area contributed by atoms with Gasteiger partial charge in [-0.1, -0.05) is 0 Å². The van der Waals surface area contributed by atoms with Gasteiger partial charge in [0.05, 0.1) is 5.69 Å². The second-order valence-electron chi connectivity index (χ2n) is 7.87. The first-order chi connectivity index (χ1) is 13.6. The van der Waals surface area contributed by atoms with Gasteiger partial charge in [-0.2, -0.15) is 9.61 Å². The van der Waals surface area contributed by atoms with Gasteiger partial charge in [0.2, 0.25) is 0 Å². The summed E-state index contributed by atoms with van der Waals surface area (Å²) in [7, 11) is 0. The lowest BCUT2D eigenvalue weighted by Crippen LogP contribution is -2.63. The van der Waals surface area contributed by atoms with E-state index in [2.05, 4.69) is 30.8 Å². The number of aromatic nitrogens is 3. The highest BCUT2D eigenvalue weighted by molar-refractivity contribution is 5.53. The molecule has 28 heavy (non-hydrogen) atoms. The molecule has 7 heteroatoms. The molecule has 3 aromatic rings. The van der Waals surface area contributed by atoms with E-state index in [1.807, 2.05) is 36.6 Å². The molecule has 0 bridgehead atoms. The number of aryl methyl sites for hydroxylation is 2. The van der Waals surface area contributed by atoms with Crippen molar-refractivity contribution in [1.82, 2.24) is 19.5 Å². The van der Waals surface area contributed by atoms with Crippen molar-refractivity contribution in [2.45, 2.75) is 19.9 Å². The predicted octanol–water partition coefficient (Wildman–Crippen LogP) is 2.50. The Morgan fingerprint density at radius 2 is 1.61 bits per heavy atom. The standard InChI is InChI=1S/C21H25FN6/c1-15-12-21(28-20(23-15)11-16(2)24-28)27-13-19(14-27)26-9-7-25(8-10-26)18-5-3-17(22)4-6-18/h3-6,11-12,19H,7-10,13-14H2,1-2H3. The fourth-order valence-corrected chi connectivity index (χ4v) is 4.29. The van der Waals surface area contributed by atoms with Crippen LogP contribution in [-0.2, 0) is 0 Å². The zero-order chi connectivity index (χ0) is 19.3. The molecule has 0 radical (unpaired) electrons. The van der Waals surface area contributed by atoms with Gasteiger partial charge in [-0.25, -0.2) is 9.37 Å². The maximum absolute atomic E-state index is 13.1. The van der Waals surface area contributed by atoms with Gasteiger partial charge in [-0.05, 0) is 38.1 Å². The van der Waals surface area contributed by atoms with Crippen molar-refractivity contribution in [3.63, 3.8) is 0 Å². The van der Waals surface area contributed by atoms with Crippen molar-refractivity contribution in [2.24, 2.45) is 0 Å². The van der Waals surface area contributed by atoms with E-state index in [-0.39, 0.29) is 5.82 Å². The normalized spacial score (nSPS) is 18.7. The maximum Gasteiger partial charge on any atom is 0.157 e. The molecule has 0 aliphatic carbocycles. The van der Waals surface area contributed by atoms with E-state index in [1.165, 1.54) is 0 Å². The lowest BCUT2D eigenvalue weighted by atomic mass is 10.1. The molecule has 0 saturated carbocycles.